The van der Waals surface area contributed by atoms with E-state index in [4.69, 9.17) is 4.74 Å². The largest absolute Gasteiger partial charge is 0.378 e. The van der Waals surface area contributed by atoms with Gasteiger partial charge in [0.2, 0.25) is 0 Å². The number of ether oxygens (including phenoxy) is 1. The minimum atomic E-state index is 0.272. The van der Waals surface area contributed by atoms with E-state index in [0.29, 0.717) is 6.10 Å². The van der Waals surface area contributed by atoms with Gasteiger partial charge in [-0.2, -0.15) is 0 Å². The molecule has 2 rings (SSSR count). The standard InChI is InChI=1S/C10H16BrN3O/c1-8(11)10-7-14(13-12-10)5-4-9-3-2-6-15-9/h7-9H,2-6H2,1H3. The van der Waals surface area contributed by atoms with Gasteiger partial charge in [0.05, 0.1) is 16.6 Å². The number of hydrogen-bond acceptors (Lipinski definition) is 3. The minimum Gasteiger partial charge on any atom is -0.378 e. The second-order valence-electron chi connectivity index (χ2n) is 3.95. The Morgan fingerprint density at radius 3 is 3.20 bits per heavy atom. The lowest BCUT2D eigenvalue weighted by Gasteiger charge is -2.07. The zero-order valence-corrected chi connectivity index (χ0v) is 10.5. The molecule has 5 heteroatoms. The van der Waals surface area contributed by atoms with E-state index < -0.39 is 0 Å². The topological polar surface area (TPSA) is 39.9 Å². The van der Waals surface area contributed by atoms with Gasteiger partial charge in [-0.15, -0.1) is 5.10 Å². The van der Waals surface area contributed by atoms with Crippen LogP contribution in [-0.4, -0.2) is 27.7 Å². The second kappa shape index (κ2) is 5.07. The van der Waals surface area contributed by atoms with Crippen LogP contribution in [0.4, 0.5) is 0 Å². The van der Waals surface area contributed by atoms with Crippen LogP contribution in [0.5, 0.6) is 0 Å². The molecule has 4 nitrogen and oxygen atoms in total. The number of alkyl halides is 1. The Bertz CT molecular complexity index is 307. The average molecular weight is 274 g/mol. The lowest BCUT2D eigenvalue weighted by molar-refractivity contribution is 0.0993. The summed E-state index contributed by atoms with van der Waals surface area (Å²) in [6.45, 7) is 3.87. The molecular formula is C10H16BrN3O. The van der Waals surface area contributed by atoms with E-state index in [1.165, 1.54) is 12.8 Å². The van der Waals surface area contributed by atoms with Crippen LogP contribution in [0.1, 0.15) is 36.7 Å². The van der Waals surface area contributed by atoms with Crippen LogP contribution in [-0.2, 0) is 11.3 Å². The van der Waals surface area contributed by atoms with Crippen LogP contribution in [0.2, 0.25) is 0 Å². The SMILES string of the molecule is CC(Br)c1cn(CCC2CCCO2)nn1. The Morgan fingerprint density at radius 2 is 2.60 bits per heavy atom. The molecule has 1 aromatic rings. The Hall–Kier alpha value is -0.420. The average Bonchev–Trinajstić information content (AvgIpc) is 2.86. The fourth-order valence-electron chi connectivity index (χ4n) is 1.75. The number of nitrogens with zero attached hydrogens (tertiary/aromatic N) is 3. The van der Waals surface area contributed by atoms with E-state index in [9.17, 15) is 0 Å². The molecule has 0 aliphatic carbocycles. The highest BCUT2D eigenvalue weighted by Gasteiger charge is 2.15. The molecular weight excluding hydrogens is 258 g/mol. The van der Waals surface area contributed by atoms with E-state index >= 15 is 0 Å². The van der Waals surface area contributed by atoms with E-state index in [2.05, 4.69) is 33.2 Å². The number of hydrogen-bond donors (Lipinski definition) is 0. The Morgan fingerprint density at radius 1 is 1.73 bits per heavy atom. The summed E-state index contributed by atoms with van der Waals surface area (Å²) in [7, 11) is 0. The van der Waals surface area contributed by atoms with Crippen molar-refractivity contribution in [3.05, 3.63) is 11.9 Å². The fourth-order valence-corrected chi connectivity index (χ4v) is 1.96. The molecule has 0 saturated carbocycles. The van der Waals surface area contributed by atoms with Crippen molar-refractivity contribution < 1.29 is 4.74 Å². The van der Waals surface area contributed by atoms with Crippen LogP contribution < -0.4 is 0 Å². The predicted molar refractivity (Wildman–Crippen MR) is 61.0 cm³/mol. The molecule has 0 aromatic carbocycles. The molecule has 1 aromatic heterocycles. The number of halogens is 1. The Balaban J connectivity index is 1.82. The summed E-state index contributed by atoms with van der Waals surface area (Å²) in [5.74, 6) is 0. The summed E-state index contributed by atoms with van der Waals surface area (Å²) >= 11 is 3.47. The smallest absolute Gasteiger partial charge is 0.0960 e. The summed E-state index contributed by atoms with van der Waals surface area (Å²) in [4.78, 5) is 0.272. The second-order valence-corrected chi connectivity index (χ2v) is 5.32. The number of rotatable bonds is 4. The lowest BCUT2D eigenvalue weighted by atomic mass is 10.2. The molecule has 0 N–H and O–H groups in total. The van der Waals surface area contributed by atoms with E-state index in [0.717, 1.165) is 25.3 Å². The number of aryl methyl sites for hydroxylation is 1. The third kappa shape index (κ3) is 3.01. The van der Waals surface area contributed by atoms with Crippen molar-refractivity contribution in [3.63, 3.8) is 0 Å². The molecule has 1 fully saturated rings. The van der Waals surface area contributed by atoms with Gasteiger partial charge in [0.1, 0.15) is 0 Å². The molecule has 1 aliphatic heterocycles. The highest BCUT2D eigenvalue weighted by molar-refractivity contribution is 9.09. The van der Waals surface area contributed by atoms with E-state index in [1.807, 2.05) is 10.9 Å². The summed E-state index contributed by atoms with van der Waals surface area (Å²) in [5, 5.41) is 8.17. The molecule has 2 heterocycles. The summed E-state index contributed by atoms with van der Waals surface area (Å²) < 4.78 is 7.46. The predicted octanol–water partition coefficient (Wildman–Crippen LogP) is 2.30. The summed E-state index contributed by atoms with van der Waals surface area (Å²) in [6, 6.07) is 0. The van der Waals surface area contributed by atoms with Crippen LogP contribution in [0.25, 0.3) is 0 Å². The molecule has 0 radical (unpaired) electrons. The molecule has 0 spiro atoms. The van der Waals surface area contributed by atoms with Gasteiger partial charge in [0, 0.05) is 19.3 Å². The molecule has 15 heavy (non-hydrogen) atoms. The maximum Gasteiger partial charge on any atom is 0.0960 e. The van der Waals surface area contributed by atoms with Crippen LogP contribution in [0.15, 0.2) is 6.20 Å². The fraction of sp³-hybridized carbons (Fsp3) is 0.800. The van der Waals surface area contributed by atoms with Gasteiger partial charge in [-0.05, 0) is 26.2 Å². The van der Waals surface area contributed by atoms with Gasteiger partial charge in [-0.25, -0.2) is 0 Å². The highest BCUT2D eigenvalue weighted by Crippen LogP contribution is 2.19. The van der Waals surface area contributed by atoms with Crippen molar-refractivity contribution in [2.45, 2.75) is 43.7 Å². The van der Waals surface area contributed by atoms with Crippen LogP contribution in [0.3, 0.4) is 0 Å². The van der Waals surface area contributed by atoms with Crippen molar-refractivity contribution in [1.82, 2.24) is 15.0 Å². The molecule has 2 atom stereocenters. The van der Waals surface area contributed by atoms with Gasteiger partial charge in [-0.1, -0.05) is 21.1 Å². The quantitative estimate of drug-likeness (QED) is 0.791. The van der Waals surface area contributed by atoms with Crippen molar-refractivity contribution >= 4 is 15.9 Å². The van der Waals surface area contributed by atoms with Crippen molar-refractivity contribution in [3.8, 4) is 0 Å². The monoisotopic (exact) mass is 273 g/mol. The molecule has 1 saturated heterocycles. The third-order valence-corrected chi connectivity index (χ3v) is 3.14. The molecule has 0 amide bonds. The number of aromatic nitrogens is 3. The van der Waals surface area contributed by atoms with E-state index in [1.54, 1.807) is 0 Å². The van der Waals surface area contributed by atoms with Crippen molar-refractivity contribution in [2.75, 3.05) is 6.61 Å². The molecule has 0 bridgehead atoms. The summed E-state index contributed by atoms with van der Waals surface area (Å²) in [6.07, 6.45) is 5.86. The normalized spacial score (nSPS) is 23.2. The third-order valence-electron chi connectivity index (χ3n) is 2.67. The van der Waals surface area contributed by atoms with Gasteiger partial charge in [0.15, 0.2) is 0 Å². The van der Waals surface area contributed by atoms with E-state index in [-0.39, 0.29) is 4.83 Å². The van der Waals surface area contributed by atoms with Crippen molar-refractivity contribution in [1.29, 1.82) is 0 Å². The Kier molecular flexibility index (Phi) is 3.75. The Labute approximate surface area is 98.1 Å². The van der Waals surface area contributed by atoms with Crippen LogP contribution in [0, 0.1) is 0 Å². The van der Waals surface area contributed by atoms with Gasteiger partial charge < -0.3 is 4.74 Å². The van der Waals surface area contributed by atoms with Gasteiger partial charge in [-0.3, -0.25) is 4.68 Å². The molecule has 1 aliphatic rings. The zero-order valence-electron chi connectivity index (χ0n) is 8.90. The first-order valence-corrected chi connectivity index (χ1v) is 6.33. The highest BCUT2D eigenvalue weighted by atomic mass is 79.9. The summed E-state index contributed by atoms with van der Waals surface area (Å²) in [5.41, 5.74) is 0.988. The first kappa shape index (κ1) is 11.1. The zero-order chi connectivity index (χ0) is 10.7. The lowest BCUT2D eigenvalue weighted by Crippen LogP contribution is -2.10. The first-order chi connectivity index (χ1) is 7.25. The van der Waals surface area contributed by atoms with Gasteiger partial charge >= 0.3 is 0 Å². The van der Waals surface area contributed by atoms with Crippen LogP contribution >= 0.6 is 15.9 Å². The maximum atomic E-state index is 5.56. The molecule has 84 valence electrons. The molecule has 2 unspecified atom stereocenters. The first-order valence-electron chi connectivity index (χ1n) is 5.41. The maximum absolute atomic E-state index is 5.56. The minimum absolute atomic E-state index is 0.272. The van der Waals surface area contributed by atoms with Crippen molar-refractivity contribution in [2.24, 2.45) is 0 Å². The van der Waals surface area contributed by atoms with Gasteiger partial charge in [0.25, 0.3) is 0 Å².